The number of nitrogens with zero attached hydrogens (tertiary/aromatic N) is 3. The summed E-state index contributed by atoms with van der Waals surface area (Å²) in [5.74, 6) is 0.0233. The predicted molar refractivity (Wildman–Crippen MR) is 120 cm³/mol. The van der Waals surface area contributed by atoms with E-state index in [9.17, 15) is 14.3 Å². The summed E-state index contributed by atoms with van der Waals surface area (Å²) in [5.41, 5.74) is 4.99. The summed E-state index contributed by atoms with van der Waals surface area (Å²) in [5, 5.41) is 22.9. The number of hydrogen-bond donors (Lipinski definition) is 3. The molecule has 0 unspecified atom stereocenters. The van der Waals surface area contributed by atoms with Crippen molar-refractivity contribution in [1.29, 1.82) is 0 Å². The van der Waals surface area contributed by atoms with E-state index in [1.165, 1.54) is 12.1 Å². The fourth-order valence-corrected chi connectivity index (χ4v) is 3.98. The molecule has 1 saturated heterocycles. The molecule has 1 aliphatic heterocycles. The number of amides is 1. The molecule has 1 fully saturated rings. The molecule has 0 radical (unpaired) electrons. The highest BCUT2D eigenvalue weighted by Gasteiger charge is 2.24. The van der Waals surface area contributed by atoms with Crippen LogP contribution >= 0.6 is 0 Å². The molecule has 2 heterocycles. The molecular formula is C23H33FN4O5. The number of anilines is 1. The number of halogens is 1. The maximum absolute atomic E-state index is 14.7. The Kier molecular flexibility index (Phi) is 8.62. The zero-order valence-electron chi connectivity index (χ0n) is 19.2. The largest absolute Gasteiger partial charge is 0.493 e. The number of rotatable bonds is 11. The Morgan fingerprint density at radius 3 is 2.70 bits per heavy atom. The summed E-state index contributed by atoms with van der Waals surface area (Å²) >= 11 is 0. The summed E-state index contributed by atoms with van der Waals surface area (Å²) < 4.78 is 25.9. The third-order valence-electron chi connectivity index (χ3n) is 5.96. The minimum Gasteiger partial charge on any atom is -0.493 e. The molecule has 1 atom stereocenters. The Labute approximate surface area is 192 Å². The van der Waals surface area contributed by atoms with Crippen molar-refractivity contribution < 1.29 is 28.7 Å². The second-order valence-corrected chi connectivity index (χ2v) is 8.82. The molecule has 1 aliphatic rings. The minimum absolute atomic E-state index is 0.0430. The van der Waals surface area contributed by atoms with E-state index in [1.54, 1.807) is 0 Å². The molecule has 9 nitrogen and oxygen atoms in total. The normalized spacial score (nSPS) is 15.8. The van der Waals surface area contributed by atoms with Crippen LogP contribution < -0.4 is 15.4 Å². The lowest BCUT2D eigenvalue weighted by atomic mass is 9.92. The van der Waals surface area contributed by atoms with E-state index in [0.717, 1.165) is 44.6 Å². The number of benzene rings is 1. The van der Waals surface area contributed by atoms with Gasteiger partial charge in [0.25, 0.3) is 5.91 Å². The van der Waals surface area contributed by atoms with Crippen LogP contribution in [-0.2, 0) is 6.42 Å². The topological polar surface area (TPSA) is 135 Å². The number of ether oxygens (including phenoxy) is 1. The molecule has 2 aromatic rings. The Morgan fingerprint density at radius 2 is 2.09 bits per heavy atom. The molecular weight excluding hydrogens is 431 g/mol. The predicted octanol–water partition coefficient (Wildman–Crippen LogP) is 2.40. The lowest BCUT2D eigenvalue weighted by molar-refractivity contribution is 0.0935. The van der Waals surface area contributed by atoms with Crippen LogP contribution in [0.25, 0.3) is 0 Å². The quantitative estimate of drug-likeness (QED) is 0.432. The van der Waals surface area contributed by atoms with Crippen molar-refractivity contribution in [2.24, 2.45) is 11.7 Å². The number of hydrogen-bond acceptors (Lipinski definition) is 8. The van der Waals surface area contributed by atoms with E-state index in [0.29, 0.717) is 18.5 Å². The summed E-state index contributed by atoms with van der Waals surface area (Å²) in [7, 11) is 0. The molecule has 0 saturated carbocycles. The Bertz CT molecular complexity index is 928. The van der Waals surface area contributed by atoms with Gasteiger partial charge in [-0.1, -0.05) is 19.0 Å². The van der Waals surface area contributed by atoms with Gasteiger partial charge in [-0.3, -0.25) is 4.79 Å². The van der Waals surface area contributed by atoms with Crippen LogP contribution in [0.1, 0.15) is 67.2 Å². The van der Waals surface area contributed by atoms with Crippen LogP contribution in [0.5, 0.6) is 5.75 Å². The average molecular weight is 465 g/mol. The van der Waals surface area contributed by atoms with Gasteiger partial charge in [-0.15, -0.1) is 0 Å². The lowest BCUT2D eigenvalue weighted by Crippen LogP contribution is -2.34. The third-order valence-corrected chi connectivity index (χ3v) is 5.96. The number of nitrogens with two attached hydrogens (primary N) is 1. The molecule has 3 rings (SSSR count). The van der Waals surface area contributed by atoms with Crippen molar-refractivity contribution in [2.75, 3.05) is 31.2 Å². The fraction of sp³-hybridized carbons (Fsp3) is 0.609. The van der Waals surface area contributed by atoms with Gasteiger partial charge in [0, 0.05) is 31.0 Å². The highest BCUT2D eigenvalue weighted by atomic mass is 19.1. The zero-order chi connectivity index (χ0) is 24.0. The first-order valence-electron chi connectivity index (χ1n) is 11.4. The fourth-order valence-electron chi connectivity index (χ4n) is 3.98. The number of piperidine rings is 1. The SMILES string of the molecule is CC(C)c1noc(N2CCC(CCCOc3ccc(C(N)=O)c(F)c3C[C@H](O)CO)CC2)n1. The summed E-state index contributed by atoms with van der Waals surface area (Å²) in [6, 6.07) is 3.34. The van der Waals surface area contributed by atoms with Crippen LogP contribution in [0, 0.1) is 11.7 Å². The van der Waals surface area contributed by atoms with Crippen molar-refractivity contribution >= 4 is 11.9 Å². The van der Waals surface area contributed by atoms with E-state index >= 15 is 0 Å². The Balaban J connectivity index is 1.49. The van der Waals surface area contributed by atoms with Crippen molar-refractivity contribution in [3.63, 3.8) is 0 Å². The summed E-state index contributed by atoms with van der Waals surface area (Å²) in [6.07, 6.45) is 2.43. The van der Waals surface area contributed by atoms with E-state index < -0.39 is 24.4 Å². The van der Waals surface area contributed by atoms with Gasteiger partial charge in [0.2, 0.25) is 0 Å². The van der Waals surface area contributed by atoms with Crippen molar-refractivity contribution in [3.8, 4) is 5.75 Å². The number of aromatic nitrogens is 2. The Morgan fingerprint density at radius 1 is 1.36 bits per heavy atom. The number of aliphatic hydroxyl groups excluding tert-OH is 2. The van der Waals surface area contributed by atoms with Gasteiger partial charge in [-0.2, -0.15) is 4.98 Å². The highest BCUT2D eigenvalue weighted by Crippen LogP contribution is 2.28. The molecule has 0 bridgehead atoms. The molecule has 4 N–H and O–H groups in total. The maximum Gasteiger partial charge on any atom is 0.324 e. The summed E-state index contributed by atoms with van der Waals surface area (Å²) in [4.78, 5) is 18.0. The third kappa shape index (κ3) is 6.42. The smallest absolute Gasteiger partial charge is 0.324 e. The van der Waals surface area contributed by atoms with Crippen molar-refractivity contribution in [2.45, 2.75) is 58.0 Å². The molecule has 0 spiro atoms. The van der Waals surface area contributed by atoms with Gasteiger partial charge in [0.15, 0.2) is 5.82 Å². The first-order chi connectivity index (χ1) is 15.8. The molecule has 10 heteroatoms. The van der Waals surface area contributed by atoms with Crippen LogP contribution in [0.4, 0.5) is 10.4 Å². The van der Waals surface area contributed by atoms with E-state index in [-0.39, 0.29) is 29.2 Å². The number of carbonyl (C=O) groups is 1. The van der Waals surface area contributed by atoms with Crippen LogP contribution in [0.2, 0.25) is 0 Å². The number of carbonyl (C=O) groups excluding carboxylic acids is 1. The van der Waals surface area contributed by atoms with Crippen LogP contribution in [-0.4, -0.2) is 58.7 Å². The summed E-state index contributed by atoms with van der Waals surface area (Å²) in [6.45, 7) is 5.62. The number of aliphatic hydroxyl groups is 2. The Hall–Kier alpha value is -2.72. The van der Waals surface area contributed by atoms with Crippen LogP contribution in [0.3, 0.4) is 0 Å². The van der Waals surface area contributed by atoms with Gasteiger partial charge in [-0.05, 0) is 43.7 Å². The van der Waals surface area contributed by atoms with Gasteiger partial charge < -0.3 is 30.1 Å². The van der Waals surface area contributed by atoms with Gasteiger partial charge in [-0.25, -0.2) is 4.39 Å². The highest BCUT2D eigenvalue weighted by molar-refractivity contribution is 5.93. The molecule has 182 valence electrons. The minimum atomic E-state index is -1.16. The number of primary amides is 1. The van der Waals surface area contributed by atoms with Gasteiger partial charge >= 0.3 is 6.01 Å². The first-order valence-corrected chi connectivity index (χ1v) is 11.4. The lowest BCUT2D eigenvalue weighted by Gasteiger charge is -2.30. The standard InChI is InChI=1S/C23H33FN4O5/c1-14(2)22-26-23(33-27-22)28-9-7-15(8-10-28)4-3-11-32-19-6-5-17(21(25)31)20(24)18(19)12-16(30)13-29/h5-6,14-16,29-30H,3-4,7-13H2,1-2H3,(H2,25,31)/t16-/m0/s1. The van der Waals surface area contributed by atoms with E-state index in [2.05, 4.69) is 15.0 Å². The molecule has 1 amide bonds. The molecule has 33 heavy (non-hydrogen) atoms. The molecule has 1 aromatic heterocycles. The van der Waals surface area contributed by atoms with Crippen LogP contribution in [0.15, 0.2) is 16.7 Å². The molecule has 1 aromatic carbocycles. The van der Waals surface area contributed by atoms with Crippen molar-refractivity contribution in [3.05, 3.63) is 34.9 Å². The van der Waals surface area contributed by atoms with E-state index in [4.69, 9.17) is 20.1 Å². The second-order valence-electron chi connectivity index (χ2n) is 8.82. The second kappa shape index (κ2) is 11.4. The first kappa shape index (κ1) is 24.9. The average Bonchev–Trinajstić information content (AvgIpc) is 3.29. The van der Waals surface area contributed by atoms with Gasteiger partial charge in [0.05, 0.1) is 24.9 Å². The van der Waals surface area contributed by atoms with E-state index in [1.807, 2.05) is 13.8 Å². The van der Waals surface area contributed by atoms with Crippen molar-refractivity contribution in [1.82, 2.24) is 10.1 Å². The molecule has 0 aliphatic carbocycles. The van der Waals surface area contributed by atoms with Gasteiger partial charge in [0.1, 0.15) is 11.6 Å². The zero-order valence-corrected chi connectivity index (χ0v) is 19.2. The monoisotopic (exact) mass is 464 g/mol. The maximum atomic E-state index is 14.7.